The van der Waals surface area contributed by atoms with Gasteiger partial charge in [-0.25, -0.2) is 0 Å². The minimum absolute atomic E-state index is 0.359. The van der Waals surface area contributed by atoms with Gasteiger partial charge in [0.1, 0.15) is 12.2 Å². The van der Waals surface area contributed by atoms with Gasteiger partial charge in [-0.1, -0.05) is 116 Å². The molecule has 0 spiro atoms. The molecule has 0 rings (SSSR count). The lowest BCUT2D eigenvalue weighted by Gasteiger charge is -2.31. The second-order valence-electron chi connectivity index (χ2n) is 18.1. The molecule has 0 aliphatic carbocycles. The smallest absolute Gasteiger partial charge is 0.173 e. The number of hydrogen-bond donors (Lipinski definition) is 4. The van der Waals surface area contributed by atoms with Crippen molar-refractivity contribution in [2.45, 2.75) is 230 Å². The molecule has 0 heterocycles. The summed E-state index contributed by atoms with van der Waals surface area (Å²) in [4.78, 5) is 0. The molecule has 49 heavy (non-hydrogen) atoms. The summed E-state index contributed by atoms with van der Waals surface area (Å²) in [5.41, 5.74) is 0. The molecule has 0 fully saturated rings. The molecule has 0 amide bonds. The summed E-state index contributed by atoms with van der Waals surface area (Å²) in [6.45, 7) is 22.5. The Kier molecular flexibility index (Phi) is 27.5. The van der Waals surface area contributed by atoms with Crippen LogP contribution in [0, 0.1) is 0 Å². The van der Waals surface area contributed by atoms with Crippen molar-refractivity contribution in [2.24, 2.45) is 0 Å². The Bertz CT molecular complexity index is 712. The zero-order valence-electron chi connectivity index (χ0n) is 34.3. The van der Waals surface area contributed by atoms with Crippen molar-refractivity contribution in [2.75, 3.05) is 13.2 Å². The first-order valence-corrected chi connectivity index (χ1v) is 33.5. The van der Waals surface area contributed by atoms with E-state index in [1.807, 2.05) is 0 Å². The van der Waals surface area contributed by atoms with Crippen LogP contribution in [0.1, 0.15) is 128 Å². The van der Waals surface area contributed by atoms with Crippen molar-refractivity contribution in [3.8, 4) is 0 Å². The highest BCUT2D eigenvalue weighted by molar-refractivity contribution is 6.84. The fourth-order valence-electron chi connectivity index (χ4n) is 7.19. The molecule has 4 unspecified atom stereocenters. The topological polar surface area (TPSA) is 109 Å². The van der Waals surface area contributed by atoms with Crippen LogP contribution in [0.4, 0.5) is 0 Å². The van der Waals surface area contributed by atoms with Gasteiger partial charge in [-0.2, -0.15) is 0 Å². The number of aliphatic hydroxyl groups is 4. The molecule has 296 valence electrons. The van der Waals surface area contributed by atoms with E-state index in [1.165, 1.54) is 102 Å². The minimum Gasteiger partial charge on any atom is -0.456 e. The number of aliphatic hydroxyl groups excluding tert-OH is 4. The molecule has 0 saturated heterocycles. The molecule has 4 atom stereocenters. The van der Waals surface area contributed by atoms with E-state index in [9.17, 15) is 20.4 Å². The third-order valence-electron chi connectivity index (χ3n) is 9.28. The standard InChI is InChI=1S/C38H86O7Si4/c1-46(2,3)44-48(7,8)31-27-23-19-15-11-13-17-21-25-29-37(35(41)33-39)43-38(36(42)34-40)30-26-22-18-14-12-16-20-24-28-32-49(9,10)45-47(4,5)6/h35-42H,11-34H2,1-10H3. The zero-order valence-corrected chi connectivity index (χ0v) is 38.3. The van der Waals surface area contributed by atoms with Gasteiger partial charge in [0.25, 0.3) is 0 Å². The Morgan fingerprint density at radius 1 is 0.388 bits per heavy atom. The molecule has 0 radical (unpaired) electrons. The van der Waals surface area contributed by atoms with Gasteiger partial charge in [0.15, 0.2) is 33.3 Å². The van der Waals surface area contributed by atoms with Gasteiger partial charge in [-0.3, -0.25) is 0 Å². The summed E-state index contributed by atoms with van der Waals surface area (Å²) >= 11 is 0. The molecular weight excluding hydrogens is 681 g/mol. The first kappa shape index (κ1) is 49.6. The van der Waals surface area contributed by atoms with E-state index in [-0.39, 0.29) is 13.2 Å². The highest BCUT2D eigenvalue weighted by Gasteiger charge is 2.30. The fourth-order valence-corrected chi connectivity index (χ4v) is 23.5. The van der Waals surface area contributed by atoms with Crippen LogP contribution in [0.25, 0.3) is 0 Å². The molecule has 7 nitrogen and oxygen atoms in total. The lowest BCUT2D eigenvalue weighted by molar-refractivity contribution is -0.137. The minimum atomic E-state index is -1.50. The SMILES string of the molecule is C[Si](C)(C)O[Si](C)(C)CCCCCCCCCCCC(OC(CCCCCCCCCCC[Si](C)(C)O[Si](C)(C)C)C(O)CO)C(O)CO. The van der Waals surface area contributed by atoms with Crippen LogP contribution in [0.3, 0.4) is 0 Å². The molecule has 0 aromatic carbocycles. The number of ether oxygens (including phenoxy) is 1. The third kappa shape index (κ3) is 30.7. The van der Waals surface area contributed by atoms with Crippen LogP contribution in [0.15, 0.2) is 0 Å². The number of rotatable bonds is 34. The average molecular weight is 767 g/mol. The quantitative estimate of drug-likeness (QED) is 0.0381. The van der Waals surface area contributed by atoms with E-state index in [1.54, 1.807) is 0 Å². The highest BCUT2D eigenvalue weighted by Crippen LogP contribution is 2.24. The molecule has 0 bridgehead atoms. The highest BCUT2D eigenvalue weighted by atomic mass is 28.4. The van der Waals surface area contributed by atoms with Gasteiger partial charge < -0.3 is 33.4 Å². The van der Waals surface area contributed by atoms with Crippen LogP contribution in [-0.4, -0.2) is 91.3 Å². The average Bonchev–Trinajstić information content (AvgIpc) is 2.97. The summed E-state index contributed by atoms with van der Waals surface area (Å²) in [5.74, 6) is 0. The van der Waals surface area contributed by atoms with Crippen molar-refractivity contribution < 1.29 is 33.4 Å². The van der Waals surface area contributed by atoms with Crippen LogP contribution in [0.5, 0.6) is 0 Å². The van der Waals surface area contributed by atoms with Crippen molar-refractivity contribution in [1.29, 1.82) is 0 Å². The van der Waals surface area contributed by atoms with Crippen LogP contribution >= 0.6 is 0 Å². The Balaban J connectivity index is 4.18. The van der Waals surface area contributed by atoms with Crippen LogP contribution < -0.4 is 0 Å². The maximum absolute atomic E-state index is 10.5. The lowest BCUT2D eigenvalue weighted by atomic mass is 10.0. The van der Waals surface area contributed by atoms with Gasteiger partial charge in [-0.05, 0) is 90.4 Å². The molecule has 4 N–H and O–H groups in total. The molecule has 0 saturated carbocycles. The van der Waals surface area contributed by atoms with Crippen molar-refractivity contribution in [3.05, 3.63) is 0 Å². The second kappa shape index (κ2) is 27.2. The third-order valence-corrected chi connectivity index (χ3v) is 21.7. The van der Waals surface area contributed by atoms with E-state index in [0.717, 1.165) is 25.7 Å². The molecule has 0 aliphatic heterocycles. The van der Waals surface area contributed by atoms with Crippen molar-refractivity contribution >= 4 is 33.3 Å². The fraction of sp³-hybridized carbons (Fsp3) is 1.00. The van der Waals surface area contributed by atoms with Gasteiger partial charge in [-0.15, -0.1) is 0 Å². The summed E-state index contributed by atoms with van der Waals surface area (Å²) in [6.07, 6.45) is 20.0. The van der Waals surface area contributed by atoms with E-state index in [4.69, 9.17) is 13.0 Å². The largest absolute Gasteiger partial charge is 0.456 e. The predicted octanol–water partition coefficient (Wildman–Crippen LogP) is 10.4. The molecule has 0 aromatic heterocycles. The van der Waals surface area contributed by atoms with Gasteiger partial charge in [0.05, 0.1) is 25.4 Å². The Hall–Kier alpha value is 0.588. The van der Waals surface area contributed by atoms with E-state index < -0.39 is 57.7 Å². The molecule has 0 aliphatic rings. The van der Waals surface area contributed by atoms with Gasteiger partial charge >= 0.3 is 0 Å². The number of hydrogen-bond acceptors (Lipinski definition) is 7. The Labute approximate surface area is 309 Å². The van der Waals surface area contributed by atoms with E-state index in [2.05, 4.69) is 65.5 Å². The van der Waals surface area contributed by atoms with Gasteiger partial charge in [0.2, 0.25) is 0 Å². The lowest BCUT2D eigenvalue weighted by Crippen LogP contribution is -2.42. The summed E-state index contributed by atoms with van der Waals surface area (Å²) in [5, 5.41) is 40.3. The van der Waals surface area contributed by atoms with Crippen LogP contribution in [-0.2, 0) is 13.0 Å². The first-order chi connectivity index (χ1) is 22.8. The molecule has 0 aromatic rings. The predicted molar refractivity (Wildman–Crippen MR) is 221 cm³/mol. The first-order valence-electron chi connectivity index (χ1n) is 20.4. The number of unbranched alkanes of at least 4 members (excludes halogenated alkanes) is 16. The Morgan fingerprint density at radius 3 is 0.878 bits per heavy atom. The monoisotopic (exact) mass is 767 g/mol. The molecular formula is C38H86O7Si4. The van der Waals surface area contributed by atoms with E-state index >= 15 is 0 Å². The summed E-state index contributed by atoms with van der Waals surface area (Å²) in [6, 6.07) is 2.54. The van der Waals surface area contributed by atoms with E-state index in [0.29, 0.717) is 12.8 Å². The van der Waals surface area contributed by atoms with Crippen molar-refractivity contribution in [3.63, 3.8) is 0 Å². The molecule has 11 heteroatoms. The van der Waals surface area contributed by atoms with Gasteiger partial charge in [0, 0.05) is 0 Å². The maximum atomic E-state index is 10.5. The normalized spacial score (nSPS) is 15.8. The maximum Gasteiger partial charge on any atom is 0.173 e. The summed E-state index contributed by atoms with van der Waals surface area (Å²) in [7, 11) is -5.89. The van der Waals surface area contributed by atoms with Crippen molar-refractivity contribution in [1.82, 2.24) is 0 Å². The Morgan fingerprint density at radius 2 is 0.633 bits per heavy atom. The zero-order chi connectivity index (χ0) is 37.4. The van der Waals surface area contributed by atoms with Crippen LogP contribution in [0.2, 0.25) is 77.6 Å². The summed E-state index contributed by atoms with van der Waals surface area (Å²) < 4.78 is 19.1. The second-order valence-corrected chi connectivity index (χ2v) is 36.2.